The van der Waals surface area contributed by atoms with E-state index in [0.717, 1.165) is 31.2 Å². The SMILES string of the molecule is CCC(C)CC(C)NC(=O)Nc1cc(S(C)(=O)=O)ccc1F. The van der Waals surface area contributed by atoms with Gasteiger partial charge in [0.15, 0.2) is 9.84 Å². The van der Waals surface area contributed by atoms with Gasteiger partial charge in [-0.25, -0.2) is 17.6 Å². The highest BCUT2D eigenvalue weighted by atomic mass is 32.2. The van der Waals surface area contributed by atoms with Crippen molar-refractivity contribution in [2.24, 2.45) is 5.92 Å². The number of carbonyl (C=O) groups excluding carboxylic acids is 1. The van der Waals surface area contributed by atoms with Gasteiger partial charge in [0.05, 0.1) is 10.6 Å². The van der Waals surface area contributed by atoms with E-state index in [0.29, 0.717) is 5.92 Å². The Labute approximate surface area is 131 Å². The first-order valence-electron chi connectivity index (χ1n) is 7.20. The van der Waals surface area contributed by atoms with Crippen molar-refractivity contribution >= 4 is 21.6 Å². The predicted molar refractivity (Wildman–Crippen MR) is 85.2 cm³/mol. The van der Waals surface area contributed by atoms with Crippen LogP contribution in [0, 0.1) is 11.7 Å². The predicted octanol–water partition coefficient (Wildman–Crippen LogP) is 3.18. The van der Waals surface area contributed by atoms with Crippen LogP contribution in [-0.2, 0) is 9.84 Å². The standard InChI is InChI=1S/C15H23FN2O3S/c1-5-10(2)8-11(3)17-15(19)18-14-9-12(22(4,20)21)6-7-13(14)16/h6-7,9-11H,5,8H2,1-4H3,(H2,17,18,19). The van der Waals surface area contributed by atoms with Crippen molar-refractivity contribution in [3.8, 4) is 0 Å². The van der Waals surface area contributed by atoms with Crippen LogP contribution < -0.4 is 10.6 Å². The molecule has 1 aromatic rings. The summed E-state index contributed by atoms with van der Waals surface area (Å²) in [5.41, 5.74) is -0.156. The molecule has 2 unspecified atom stereocenters. The number of benzene rings is 1. The zero-order valence-corrected chi connectivity index (χ0v) is 14.1. The van der Waals surface area contributed by atoms with Gasteiger partial charge in [-0.2, -0.15) is 0 Å². The minimum atomic E-state index is -3.46. The molecule has 7 heteroatoms. The number of hydrogen-bond donors (Lipinski definition) is 2. The van der Waals surface area contributed by atoms with E-state index in [1.54, 1.807) is 0 Å². The van der Waals surface area contributed by atoms with E-state index in [-0.39, 0.29) is 16.6 Å². The molecule has 0 aromatic heterocycles. The fourth-order valence-electron chi connectivity index (χ4n) is 2.04. The number of carbonyl (C=O) groups is 1. The number of rotatable bonds is 6. The molecule has 0 heterocycles. The molecule has 2 N–H and O–H groups in total. The summed E-state index contributed by atoms with van der Waals surface area (Å²) in [6.07, 6.45) is 2.85. The van der Waals surface area contributed by atoms with Crippen molar-refractivity contribution in [1.82, 2.24) is 5.32 Å². The molecule has 0 saturated heterocycles. The lowest BCUT2D eigenvalue weighted by Crippen LogP contribution is -2.37. The summed E-state index contributed by atoms with van der Waals surface area (Å²) in [5, 5.41) is 5.07. The molecule has 0 saturated carbocycles. The third-order valence-corrected chi connectivity index (χ3v) is 4.55. The first-order chi connectivity index (χ1) is 10.1. The maximum Gasteiger partial charge on any atom is 0.319 e. The van der Waals surface area contributed by atoms with Crippen LogP contribution in [0.25, 0.3) is 0 Å². The average Bonchev–Trinajstić information content (AvgIpc) is 2.39. The first kappa shape index (κ1) is 18.4. The number of sulfone groups is 1. The number of anilines is 1. The molecule has 2 amide bonds. The van der Waals surface area contributed by atoms with Gasteiger partial charge in [-0.15, -0.1) is 0 Å². The molecule has 0 bridgehead atoms. The van der Waals surface area contributed by atoms with Crippen LogP contribution in [0.1, 0.15) is 33.6 Å². The zero-order valence-electron chi connectivity index (χ0n) is 13.3. The third kappa shape index (κ3) is 5.63. The molecule has 0 spiro atoms. The van der Waals surface area contributed by atoms with E-state index in [1.165, 1.54) is 6.07 Å². The lowest BCUT2D eigenvalue weighted by Gasteiger charge is -2.18. The normalized spacial score (nSPS) is 14.2. The van der Waals surface area contributed by atoms with Gasteiger partial charge in [-0.3, -0.25) is 0 Å². The second kappa shape index (κ2) is 7.58. The van der Waals surface area contributed by atoms with Crippen LogP contribution in [0.3, 0.4) is 0 Å². The van der Waals surface area contributed by atoms with Crippen LogP contribution in [0.15, 0.2) is 23.1 Å². The maximum atomic E-state index is 13.7. The summed E-state index contributed by atoms with van der Waals surface area (Å²) in [4.78, 5) is 11.8. The van der Waals surface area contributed by atoms with Gasteiger partial charge in [0.2, 0.25) is 0 Å². The van der Waals surface area contributed by atoms with Gasteiger partial charge < -0.3 is 10.6 Å². The molecule has 0 fully saturated rings. The summed E-state index contributed by atoms with van der Waals surface area (Å²) >= 11 is 0. The second-order valence-corrected chi connectivity index (χ2v) is 7.68. The summed E-state index contributed by atoms with van der Waals surface area (Å²) in [5.74, 6) is -0.210. The van der Waals surface area contributed by atoms with Gasteiger partial charge in [-0.1, -0.05) is 20.3 Å². The van der Waals surface area contributed by atoms with Crippen molar-refractivity contribution in [3.05, 3.63) is 24.0 Å². The second-order valence-electron chi connectivity index (χ2n) is 5.66. The molecule has 1 rings (SSSR count). The Kier molecular flexibility index (Phi) is 6.34. The van der Waals surface area contributed by atoms with Crippen LogP contribution in [0.5, 0.6) is 0 Å². The highest BCUT2D eigenvalue weighted by Gasteiger charge is 2.15. The van der Waals surface area contributed by atoms with E-state index in [9.17, 15) is 17.6 Å². The van der Waals surface area contributed by atoms with Crippen molar-refractivity contribution in [2.45, 2.75) is 44.6 Å². The van der Waals surface area contributed by atoms with Crippen LogP contribution in [0.4, 0.5) is 14.9 Å². The fraction of sp³-hybridized carbons (Fsp3) is 0.533. The molecule has 124 valence electrons. The molecule has 0 aliphatic rings. The van der Waals surface area contributed by atoms with Gasteiger partial charge in [-0.05, 0) is 37.5 Å². The Hall–Kier alpha value is -1.63. The molecular formula is C15H23FN2O3S. The monoisotopic (exact) mass is 330 g/mol. The maximum absolute atomic E-state index is 13.7. The van der Waals surface area contributed by atoms with E-state index < -0.39 is 21.7 Å². The Morgan fingerprint density at radius 2 is 1.95 bits per heavy atom. The molecule has 22 heavy (non-hydrogen) atoms. The minimum absolute atomic E-state index is 0.0446. The average molecular weight is 330 g/mol. The van der Waals surface area contributed by atoms with Gasteiger partial charge in [0.1, 0.15) is 5.82 Å². The summed E-state index contributed by atoms with van der Waals surface area (Å²) in [6, 6.07) is 2.69. The molecular weight excluding hydrogens is 307 g/mol. The third-order valence-electron chi connectivity index (χ3n) is 3.44. The molecule has 1 aromatic carbocycles. The van der Waals surface area contributed by atoms with Crippen LogP contribution in [0.2, 0.25) is 0 Å². The van der Waals surface area contributed by atoms with Crippen molar-refractivity contribution < 1.29 is 17.6 Å². The molecule has 2 atom stereocenters. The fourth-order valence-corrected chi connectivity index (χ4v) is 2.69. The minimum Gasteiger partial charge on any atom is -0.335 e. The molecule has 0 aliphatic carbocycles. The number of nitrogens with one attached hydrogen (secondary N) is 2. The highest BCUT2D eigenvalue weighted by Crippen LogP contribution is 2.19. The molecule has 5 nitrogen and oxygen atoms in total. The zero-order chi connectivity index (χ0) is 16.9. The Balaban J connectivity index is 2.76. The topological polar surface area (TPSA) is 75.3 Å². The highest BCUT2D eigenvalue weighted by molar-refractivity contribution is 7.90. The molecule has 0 radical (unpaired) electrons. The Morgan fingerprint density at radius 1 is 1.32 bits per heavy atom. The number of urea groups is 1. The van der Waals surface area contributed by atoms with Gasteiger partial charge in [0.25, 0.3) is 0 Å². The smallest absolute Gasteiger partial charge is 0.319 e. The van der Waals surface area contributed by atoms with Gasteiger partial charge >= 0.3 is 6.03 Å². The van der Waals surface area contributed by atoms with Crippen molar-refractivity contribution in [1.29, 1.82) is 0 Å². The number of amides is 2. The number of hydrogen-bond acceptors (Lipinski definition) is 3. The van der Waals surface area contributed by atoms with Crippen molar-refractivity contribution in [3.63, 3.8) is 0 Å². The number of halogens is 1. The van der Waals surface area contributed by atoms with E-state index in [4.69, 9.17) is 0 Å². The van der Waals surface area contributed by atoms with Crippen LogP contribution >= 0.6 is 0 Å². The largest absolute Gasteiger partial charge is 0.335 e. The lowest BCUT2D eigenvalue weighted by molar-refractivity contribution is 0.247. The van der Waals surface area contributed by atoms with Gasteiger partial charge in [0, 0.05) is 12.3 Å². The summed E-state index contributed by atoms with van der Waals surface area (Å²) < 4.78 is 36.6. The first-order valence-corrected chi connectivity index (χ1v) is 9.09. The Bertz CT molecular complexity index is 632. The molecule has 0 aliphatic heterocycles. The van der Waals surface area contributed by atoms with E-state index >= 15 is 0 Å². The lowest BCUT2D eigenvalue weighted by atomic mass is 10.0. The van der Waals surface area contributed by atoms with E-state index in [2.05, 4.69) is 24.5 Å². The summed E-state index contributed by atoms with van der Waals surface area (Å²) in [7, 11) is -3.46. The van der Waals surface area contributed by atoms with Crippen LogP contribution in [-0.4, -0.2) is 26.7 Å². The van der Waals surface area contributed by atoms with E-state index in [1.807, 2.05) is 6.92 Å². The quantitative estimate of drug-likeness (QED) is 0.787. The summed E-state index contributed by atoms with van der Waals surface area (Å²) in [6.45, 7) is 6.03. The van der Waals surface area contributed by atoms with Crippen molar-refractivity contribution in [2.75, 3.05) is 11.6 Å². The Morgan fingerprint density at radius 3 is 2.50 bits per heavy atom.